The number of fused-ring (bicyclic) bond motifs is 1. The lowest BCUT2D eigenvalue weighted by Gasteiger charge is -2.18. The van der Waals surface area contributed by atoms with Gasteiger partial charge >= 0.3 is 5.97 Å². The number of ether oxygens (including phenoxy) is 1. The highest BCUT2D eigenvalue weighted by Crippen LogP contribution is 2.38. The number of methoxy groups -OCH3 is 1. The van der Waals surface area contributed by atoms with Gasteiger partial charge in [-0.2, -0.15) is 0 Å². The summed E-state index contributed by atoms with van der Waals surface area (Å²) in [5.41, 5.74) is 8.44. The van der Waals surface area contributed by atoms with E-state index < -0.39 is 5.97 Å². The molecule has 0 aromatic heterocycles. The lowest BCUT2D eigenvalue weighted by Crippen LogP contribution is -2.30. The lowest BCUT2D eigenvalue weighted by atomic mass is 10.1. The van der Waals surface area contributed by atoms with Gasteiger partial charge in [0.05, 0.1) is 12.7 Å². The first-order chi connectivity index (χ1) is 9.11. The topological polar surface area (TPSA) is 72.6 Å². The zero-order valence-corrected chi connectivity index (χ0v) is 10.8. The molecule has 0 radical (unpaired) electrons. The molecule has 100 valence electrons. The van der Waals surface area contributed by atoms with Crippen LogP contribution in [0.5, 0.6) is 0 Å². The maximum absolute atomic E-state index is 12.2. The molecule has 0 atom stereocenters. The number of benzene rings is 1. The van der Waals surface area contributed by atoms with Crippen molar-refractivity contribution in [2.75, 3.05) is 24.3 Å². The van der Waals surface area contributed by atoms with Gasteiger partial charge in [-0.05, 0) is 37.0 Å². The summed E-state index contributed by atoms with van der Waals surface area (Å²) in [7, 11) is 1.32. The van der Waals surface area contributed by atoms with Crippen molar-refractivity contribution in [3.63, 3.8) is 0 Å². The van der Waals surface area contributed by atoms with E-state index in [9.17, 15) is 9.59 Å². The number of esters is 1. The Morgan fingerprint density at radius 1 is 1.37 bits per heavy atom. The van der Waals surface area contributed by atoms with Gasteiger partial charge in [-0.1, -0.05) is 0 Å². The van der Waals surface area contributed by atoms with Gasteiger partial charge in [-0.15, -0.1) is 0 Å². The van der Waals surface area contributed by atoms with Crippen molar-refractivity contribution in [1.29, 1.82) is 0 Å². The van der Waals surface area contributed by atoms with Gasteiger partial charge in [0.25, 0.3) is 0 Å². The number of hydrogen-bond acceptors (Lipinski definition) is 4. The average Bonchev–Trinajstić information content (AvgIpc) is 3.17. The van der Waals surface area contributed by atoms with Crippen molar-refractivity contribution in [2.45, 2.75) is 19.3 Å². The Hall–Kier alpha value is -2.04. The van der Waals surface area contributed by atoms with Crippen LogP contribution in [0.3, 0.4) is 0 Å². The number of nitrogens with zero attached hydrogens (tertiary/aromatic N) is 1. The Labute approximate surface area is 111 Å². The fourth-order valence-corrected chi connectivity index (χ4v) is 2.52. The van der Waals surface area contributed by atoms with Crippen molar-refractivity contribution in [3.8, 4) is 0 Å². The predicted octanol–water partition coefficient (Wildman–Crippen LogP) is 1.35. The monoisotopic (exact) mass is 260 g/mol. The molecule has 3 rings (SSSR count). The van der Waals surface area contributed by atoms with Crippen molar-refractivity contribution in [2.24, 2.45) is 5.92 Å². The molecular formula is C14H16N2O3. The second-order valence-electron chi connectivity index (χ2n) is 5.07. The Balaban J connectivity index is 1.99. The molecule has 1 fully saturated rings. The van der Waals surface area contributed by atoms with Gasteiger partial charge in [-0.25, -0.2) is 4.79 Å². The van der Waals surface area contributed by atoms with E-state index in [1.54, 1.807) is 17.0 Å². The summed E-state index contributed by atoms with van der Waals surface area (Å²) in [5.74, 6) is -0.129. The van der Waals surface area contributed by atoms with E-state index in [1.165, 1.54) is 7.11 Å². The summed E-state index contributed by atoms with van der Waals surface area (Å²) in [5, 5.41) is 0. The first-order valence-corrected chi connectivity index (χ1v) is 6.44. The third-order valence-electron chi connectivity index (χ3n) is 3.74. The fourth-order valence-electron chi connectivity index (χ4n) is 2.52. The molecule has 0 bridgehead atoms. The summed E-state index contributed by atoms with van der Waals surface area (Å²) in [6.45, 7) is 0.675. The number of hydrogen-bond donors (Lipinski definition) is 1. The highest BCUT2D eigenvalue weighted by Gasteiger charge is 2.37. The number of nitrogen functional groups attached to an aromatic ring is 1. The molecule has 2 aliphatic rings. The minimum absolute atomic E-state index is 0.166. The normalized spacial score (nSPS) is 17.2. The van der Waals surface area contributed by atoms with Gasteiger partial charge in [0.2, 0.25) is 5.91 Å². The average molecular weight is 260 g/mol. The SMILES string of the molecule is COC(=O)c1cc2c(cc1N)CCN2C(=O)C1CC1. The maximum Gasteiger partial charge on any atom is 0.340 e. The molecule has 5 heteroatoms. The molecule has 1 aromatic rings. The summed E-state index contributed by atoms with van der Waals surface area (Å²) < 4.78 is 4.71. The zero-order valence-electron chi connectivity index (χ0n) is 10.8. The third-order valence-corrected chi connectivity index (χ3v) is 3.74. The van der Waals surface area contributed by atoms with Gasteiger partial charge in [0.15, 0.2) is 0 Å². The van der Waals surface area contributed by atoms with E-state index in [0.29, 0.717) is 17.8 Å². The van der Waals surface area contributed by atoms with E-state index in [0.717, 1.165) is 30.5 Å². The summed E-state index contributed by atoms with van der Waals surface area (Å²) in [4.78, 5) is 25.6. The van der Waals surface area contributed by atoms with Crippen molar-refractivity contribution < 1.29 is 14.3 Å². The molecule has 1 aliphatic heterocycles. The minimum Gasteiger partial charge on any atom is -0.465 e. The summed E-state index contributed by atoms with van der Waals surface area (Å²) in [6.07, 6.45) is 2.74. The number of rotatable bonds is 2. The van der Waals surface area contributed by atoms with Crippen molar-refractivity contribution in [3.05, 3.63) is 23.3 Å². The maximum atomic E-state index is 12.2. The van der Waals surface area contributed by atoms with Crippen molar-refractivity contribution >= 4 is 23.3 Å². The van der Waals surface area contributed by atoms with Gasteiger partial charge in [0, 0.05) is 23.8 Å². The van der Waals surface area contributed by atoms with Crippen LogP contribution in [-0.4, -0.2) is 25.5 Å². The van der Waals surface area contributed by atoms with Crippen LogP contribution in [0.2, 0.25) is 0 Å². The number of amides is 1. The fraction of sp³-hybridized carbons (Fsp3) is 0.429. The second kappa shape index (κ2) is 4.26. The molecule has 0 unspecified atom stereocenters. The number of anilines is 2. The van der Waals surface area contributed by atoms with Crippen LogP contribution in [0, 0.1) is 5.92 Å². The second-order valence-corrected chi connectivity index (χ2v) is 5.07. The van der Waals surface area contributed by atoms with Crippen LogP contribution in [-0.2, 0) is 16.0 Å². The summed E-state index contributed by atoms with van der Waals surface area (Å²) in [6, 6.07) is 3.46. The van der Waals surface area contributed by atoms with Crippen LogP contribution in [0.4, 0.5) is 11.4 Å². The molecule has 0 saturated heterocycles. The Morgan fingerprint density at radius 2 is 2.11 bits per heavy atom. The van der Waals surface area contributed by atoms with Gasteiger partial charge < -0.3 is 15.4 Å². The Bertz CT molecular complexity index is 564. The van der Waals surface area contributed by atoms with E-state index in [4.69, 9.17) is 10.5 Å². The van der Waals surface area contributed by atoms with Crippen LogP contribution in [0.15, 0.2) is 12.1 Å². The third kappa shape index (κ3) is 1.95. The number of carbonyl (C=O) groups is 2. The molecular weight excluding hydrogens is 244 g/mol. The van der Waals surface area contributed by atoms with Crippen LogP contribution in [0.25, 0.3) is 0 Å². The number of carbonyl (C=O) groups excluding carboxylic acids is 2. The highest BCUT2D eigenvalue weighted by atomic mass is 16.5. The Morgan fingerprint density at radius 3 is 2.74 bits per heavy atom. The predicted molar refractivity (Wildman–Crippen MR) is 71.0 cm³/mol. The molecule has 1 amide bonds. The molecule has 0 spiro atoms. The molecule has 1 heterocycles. The molecule has 2 N–H and O–H groups in total. The molecule has 1 aliphatic carbocycles. The van der Waals surface area contributed by atoms with E-state index in [1.807, 2.05) is 0 Å². The Kier molecular flexibility index (Phi) is 2.69. The van der Waals surface area contributed by atoms with Crippen LogP contribution < -0.4 is 10.6 Å². The van der Waals surface area contributed by atoms with Gasteiger partial charge in [0.1, 0.15) is 0 Å². The standard InChI is InChI=1S/C14H16N2O3/c1-19-14(18)10-7-12-9(6-11(10)15)4-5-16(12)13(17)8-2-3-8/h6-8H,2-5,15H2,1H3. The largest absolute Gasteiger partial charge is 0.465 e. The van der Waals surface area contributed by atoms with Crippen molar-refractivity contribution in [1.82, 2.24) is 0 Å². The lowest BCUT2D eigenvalue weighted by molar-refractivity contribution is -0.119. The quantitative estimate of drug-likeness (QED) is 0.643. The zero-order chi connectivity index (χ0) is 13.6. The van der Waals surface area contributed by atoms with E-state index >= 15 is 0 Å². The first-order valence-electron chi connectivity index (χ1n) is 6.44. The number of nitrogens with two attached hydrogens (primary N) is 1. The van der Waals surface area contributed by atoms with Crippen LogP contribution >= 0.6 is 0 Å². The molecule has 19 heavy (non-hydrogen) atoms. The smallest absolute Gasteiger partial charge is 0.340 e. The minimum atomic E-state index is -0.467. The summed E-state index contributed by atoms with van der Waals surface area (Å²) >= 11 is 0. The first kappa shape index (κ1) is 12.0. The highest BCUT2D eigenvalue weighted by molar-refractivity contribution is 6.02. The van der Waals surface area contributed by atoms with E-state index in [-0.39, 0.29) is 11.8 Å². The van der Waals surface area contributed by atoms with Crippen LogP contribution in [0.1, 0.15) is 28.8 Å². The van der Waals surface area contributed by atoms with Gasteiger partial charge in [-0.3, -0.25) is 4.79 Å². The molecule has 5 nitrogen and oxygen atoms in total. The molecule has 1 aromatic carbocycles. The molecule has 1 saturated carbocycles. The van der Waals surface area contributed by atoms with E-state index in [2.05, 4.69) is 0 Å².